The van der Waals surface area contributed by atoms with Crippen molar-refractivity contribution in [3.8, 4) is 5.75 Å². The number of nitrogens with zero attached hydrogens (tertiary/aromatic N) is 1. The Balaban J connectivity index is 1.59. The first-order valence-electron chi connectivity index (χ1n) is 8.02. The lowest BCUT2D eigenvalue weighted by molar-refractivity contribution is 0.258. The molecule has 0 aromatic heterocycles. The van der Waals surface area contributed by atoms with Crippen molar-refractivity contribution < 1.29 is 13.2 Å². The third-order valence-corrected chi connectivity index (χ3v) is 5.79. The van der Waals surface area contributed by atoms with Gasteiger partial charge in [0.25, 0.3) is 0 Å². The molecule has 0 saturated carbocycles. The van der Waals surface area contributed by atoms with Gasteiger partial charge in [-0.25, -0.2) is 13.1 Å². The molecule has 0 aliphatic carbocycles. The van der Waals surface area contributed by atoms with E-state index < -0.39 is 10.0 Å². The molecule has 24 heavy (non-hydrogen) atoms. The Morgan fingerprint density at radius 1 is 1.08 bits per heavy atom. The first-order chi connectivity index (χ1) is 11.6. The van der Waals surface area contributed by atoms with Gasteiger partial charge in [-0.1, -0.05) is 36.4 Å². The highest BCUT2D eigenvalue weighted by Crippen LogP contribution is 2.22. The number of rotatable bonds is 6. The van der Waals surface area contributed by atoms with Gasteiger partial charge in [0.1, 0.15) is 10.6 Å². The lowest BCUT2D eigenvalue weighted by Crippen LogP contribution is -2.37. The van der Waals surface area contributed by atoms with E-state index in [0.29, 0.717) is 18.8 Å². The highest BCUT2D eigenvalue weighted by Gasteiger charge is 2.20. The van der Waals surface area contributed by atoms with Crippen LogP contribution in [0.25, 0.3) is 0 Å². The van der Waals surface area contributed by atoms with Gasteiger partial charge in [-0.3, -0.25) is 4.90 Å². The number of sulfonamides is 1. The monoisotopic (exact) mass is 346 g/mol. The van der Waals surface area contributed by atoms with Crippen LogP contribution >= 0.6 is 0 Å². The first-order valence-corrected chi connectivity index (χ1v) is 9.50. The van der Waals surface area contributed by atoms with E-state index in [-0.39, 0.29) is 4.90 Å². The summed E-state index contributed by atoms with van der Waals surface area (Å²) in [5, 5.41) is 0. The van der Waals surface area contributed by atoms with E-state index >= 15 is 0 Å². The van der Waals surface area contributed by atoms with Crippen LogP contribution in [0, 0.1) is 0 Å². The fraction of sp³-hybridized carbons (Fsp3) is 0.333. The number of nitrogens with one attached hydrogen (secondary N) is 1. The summed E-state index contributed by atoms with van der Waals surface area (Å²) < 4.78 is 32.7. The van der Waals surface area contributed by atoms with E-state index in [1.165, 1.54) is 18.2 Å². The first kappa shape index (κ1) is 17.0. The molecule has 0 atom stereocenters. The molecule has 2 aromatic rings. The van der Waals surface area contributed by atoms with Crippen molar-refractivity contribution in [1.82, 2.24) is 9.62 Å². The molecule has 1 heterocycles. The average molecular weight is 346 g/mol. The summed E-state index contributed by atoms with van der Waals surface area (Å²) in [5.41, 5.74) is 2.72. The van der Waals surface area contributed by atoms with Crippen molar-refractivity contribution in [2.75, 3.05) is 26.7 Å². The van der Waals surface area contributed by atoms with Gasteiger partial charge in [-0.05, 0) is 29.7 Å². The Hall–Kier alpha value is -1.89. The smallest absolute Gasteiger partial charge is 0.244 e. The van der Waals surface area contributed by atoms with Gasteiger partial charge in [0.05, 0.1) is 7.11 Å². The van der Waals surface area contributed by atoms with E-state index in [1.807, 2.05) is 6.07 Å². The van der Waals surface area contributed by atoms with Crippen LogP contribution in [0.15, 0.2) is 53.4 Å². The SMILES string of the molecule is COc1ccccc1S(=O)(=O)NCCN1CCc2ccccc2C1. The number of benzene rings is 2. The number of methoxy groups -OCH3 is 1. The van der Waals surface area contributed by atoms with Crippen molar-refractivity contribution in [2.24, 2.45) is 0 Å². The Morgan fingerprint density at radius 2 is 1.79 bits per heavy atom. The summed E-state index contributed by atoms with van der Waals surface area (Å²) in [6, 6.07) is 15.1. The van der Waals surface area contributed by atoms with E-state index in [9.17, 15) is 8.42 Å². The third-order valence-electron chi connectivity index (χ3n) is 4.29. The number of para-hydroxylation sites is 1. The predicted molar refractivity (Wildman–Crippen MR) is 93.6 cm³/mol. The van der Waals surface area contributed by atoms with Crippen molar-refractivity contribution >= 4 is 10.0 Å². The van der Waals surface area contributed by atoms with Crippen molar-refractivity contribution in [3.05, 3.63) is 59.7 Å². The Morgan fingerprint density at radius 3 is 2.58 bits per heavy atom. The molecule has 0 amide bonds. The third kappa shape index (κ3) is 3.77. The van der Waals surface area contributed by atoms with Gasteiger partial charge in [0.2, 0.25) is 10.0 Å². The second-order valence-electron chi connectivity index (χ2n) is 5.84. The quantitative estimate of drug-likeness (QED) is 0.869. The molecular formula is C18H22N2O3S. The van der Waals surface area contributed by atoms with Crippen LogP contribution in [0.1, 0.15) is 11.1 Å². The minimum atomic E-state index is -3.57. The minimum absolute atomic E-state index is 0.177. The zero-order valence-corrected chi connectivity index (χ0v) is 14.6. The predicted octanol–water partition coefficient (Wildman–Crippen LogP) is 2.03. The number of ether oxygens (including phenoxy) is 1. The molecule has 0 unspecified atom stereocenters. The van der Waals surface area contributed by atoms with Gasteiger partial charge < -0.3 is 4.74 Å². The molecule has 6 heteroatoms. The molecule has 1 N–H and O–H groups in total. The van der Waals surface area contributed by atoms with E-state index in [1.54, 1.807) is 24.3 Å². The fourth-order valence-electron chi connectivity index (χ4n) is 3.00. The summed E-state index contributed by atoms with van der Waals surface area (Å²) in [6.45, 7) is 2.88. The van der Waals surface area contributed by atoms with E-state index in [4.69, 9.17) is 4.74 Å². The molecule has 0 bridgehead atoms. The van der Waals surface area contributed by atoms with Gasteiger partial charge >= 0.3 is 0 Å². The van der Waals surface area contributed by atoms with Crippen molar-refractivity contribution in [2.45, 2.75) is 17.9 Å². The molecule has 5 nitrogen and oxygen atoms in total. The molecule has 128 valence electrons. The lowest BCUT2D eigenvalue weighted by Gasteiger charge is -2.28. The Kier molecular flexibility index (Phi) is 5.18. The lowest BCUT2D eigenvalue weighted by atomic mass is 10.0. The van der Waals surface area contributed by atoms with Gasteiger partial charge in [-0.15, -0.1) is 0 Å². The van der Waals surface area contributed by atoms with Gasteiger partial charge in [-0.2, -0.15) is 0 Å². The van der Waals surface area contributed by atoms with Crippen LogP contribution in [0.5, 0.6) is 5.75 Å². The van der Waals surface area contributed by atoms with Crippen LogP contribution < -0.4 is 9.46 Å². The van der Waals surface area contributed by atoms with Crippen molar-refractivity contribution in [1.29, 1.82) is 0 Å². The molecule has 0 fully saturated rings. The fourth-order valence-corrected chi connectivity index (χ4v) is 4.19. The van der Waals surface area contributed by atoms with Gasteiger partial charge in [0.15, 0.2) is 0 Å². The summed E-state index contributed by atoms with van der Waals surface area (Å²) in [5.74, 6) is 0.358. The van der Waals surface area contributed by atoms with Crippen molar-refractivity contribution in [3.63, 3.8) is 0 Å². The molecule has 1 aliphatic heterocycles. The number of hydrogen-bond acceptors (Lipinski definition) is 4. The zero-order chi connectivity index (χ0) is 17.0. The maximum Gasteiger partial charge on any atom is 0.244 e. The normalized spacial score (nSPS) is 15.0. The maximum absolute atomic E-state index is 12.4. The largest absolute Gasteiger partial charge is 0.495 e. The van der Waals surface area contributed by atoms with Gasteiger partial charge in [0, 0.05) is 26.2 Å². The standard InChI is InChI=1S/C18H22N2O3S/c1-23-17-8-4-5-9-18(17)24(21,22)19-11-13-20-12-10-15-6-2-3-7-16(15)14-20/h2-9,19H,10-14H2,1H3. The van der Waals surface area contributed by atoms with E-state index in [2.05, 4.69) is 27.8 Å². The molecule has 0 spiro atoms. The summed E-state index contributed by atoms with van der Waals surface area (Å²) in [6.07, 6.45) is 1.01. The summed E-state index contributed by atoms with van der Waals surface area (Å²) in [7, 11) is -2.09. The summed E-state index contributed by atoms with van der Waals surface area (Å²) >= 11 is 0. The second kappa shape index (κ2) is 7.34. The minimum Gasteiger partial charge on any atom is -0.495 e. The molecule has 1 aliphatic rings. The highest BCUT2D eigenvalue weighted by molar-refractivity contribution is 7.89. The number of hydrogen-bond donors (Lipinski definition) is 1. The van der Waals surface area contributed by atoms with Crippen LogP contribution in [0.4, 0.5) is 0 Å². The van der Waals surface area contributed by atoms with Crippen LogP contribution in [0.2, 0.25) is 0 Å². The molecule has 3 rings (SSSR count). The van der Waals surface area contributed by atoms with E-state index in [0.717, 1.165) is 19.5 Å². The molecule has 0 radical (unpaired) electrons. The topological polar surface area (TPSA) is 58.6 Å². The summed E-state index contributed by atoms with van der Waals surface area (Å²) in [4.78, 5) is 2.45. The molecule has 0 saturated heterocycles. The average Bonchev–Trinajstić information content (AvgIpc) is 2.61. The second-order valence-corrected chi connectivity index (χ2v) is 7.58. The van der Waals surface area contributed by atoms with Crippen LogP contribution in [-0.2, 0) is 23.0 Å². The van der Waals surface area contributed by atoms with Crippen LogP contribution in [0.3, 0.4) is 0 Å². The van der Waals surface area contributed by atoms with Crippen LogP contribution in [-0.4, -0.2) is 40.1 Å². The highest BCUT2D eigenvalue weighted by atomic mass is 32.2. The molecular weight excluding hydrogens is 324 g/mol. The number of fused-ring (bicyclic) bond motifs is 1. The Bertz CT molecular complexity index is 805. The Labute approximate surface area is 143 Å². The maximum atomic E-state index is 12.4. The molecule has 2 aromatic carbocycles. The zero-order valence-electron chi connectivity index (χ0n) is 13.7.